The van der Waals surface area contributed by atoms with Gasteiger partial charge in [0.15, 0.2) is 0 Å². The number of carbonyl (C=O) groups is 3. The fourth-order valence-electron chi connectivity index (χ4n) is 4.42. The number of ketones is 1. The van der Waals surface area contributed by atoms with E-state index in [1.54, 1.807) is 30.2 Å². The predicted molar refractivity (Wildman–Crippen MR) is 134 cm³/mol. The van der Waals surface area contributed by atoms with E-state index < -0.39 is 11.7 Å². The molecule has 0 saturated carbocycles. The zero-order valence-corrected chi connectivity index (χ0v) is 20.0. The number of aromatic amines is 1. The van der Waals surface area contributed by atoms with E-state index >= 15 is 0 Å². The number of anilines is 1. The summed E-state index contributed by atoms with van der Waals surface area (Å²) in [6, 6.07) is 9.02. The maximum atomic E-state index is 13.3. The van der Waals surface area contributed by atoms with Crippen LogP contribution in [-0.2, 0) is 4.79 Å². The number of nitrogens with zero attached hydrogens (tertiary/aromatic N) is 5. The van der Waals surface area contributed by atoms with Gasteiger partial charge >= 0.3 is 0 Å². The van der Waals surface area contributed by atoms with Crippen LogP contribution in [0.5, 0.6) is 0 Å². The van der Waals surface area contributed by atoms with Crippen molar-refractivity contribution >= 4 is 34.3 Å². The molecule has 4 heterocycles. The van der Waals surface area contributed by atoms with Crippen molar-refractivity contribution in [1.82, 2.24) is 29.7 Å². The monoisotopic (exact) mass is 483 g/mol. The molecule has 0 atom stereocenters. The minimum Gasteiger partial charge on any atom is -0.382 e. The van der Waals surface area contributed by atoms with Crippen molar-refractivity contribution in [3.8, 4) is 11.4 Å². The second-order valence-electron chi connectivity index (χ2n) is 8.75. The third-order valence-corrected chi connectivity index (χ3v) is 6.44. The third-order valence-electron chi connectivity index (χ3n) is 6.44. The summed E-state index contributed by atoms with van der Waals surface area (Å²) < 4.78 is 0. The fourth-order valence-corrected chi connectivity index (χ4v) is 4.42. The molecular weight excluding hydrogens is 458 g/mol. The molecular formula is C26H25N7O3. The van der Waals surface area contributed by atoms with Gasteiger partial charge < -0.3 is 20.5 Å². The fraction of sp³-hybridized carbons (Fsp3) is 0.231. The summed E-state index contributed by atoms with van der Waals surface area (Å²) >= 11 is 0. The lowest BCUT2D eigenvalue weighted by molar-refractivity contribution is -0.127. The van der Waals surface area contributed by atoms with Crippen LogP contribution in [-0.4, -0.2) is 73.5 Å². The van der Waals surface area contributed by atoms with Crippen LogP contribution in [0, 0.1) is 13.8 Å². The summed E-state index contributed by atoms with van der Waals surface area (Å²) in [7, 11) is 0. The number of benzene rings is 1. The maximum absolute atomic E-state index is 13.3. The predicted octanol–water partition coefficient (Wildman–Crippen LogP) is 2.39. The van der Waals surface area contributed by atoms with Gasteiger partial charge in [-0.25, -0.2) is 9.97 Å². The maximum Gasteiger partial charge on any atom is 0.295 e. The van der Waals surface area contributed by atoms with E-state index in [1.165, 1.54) is 17.3 Å². The largest absolute Gasteiger partial charge is 0.382 e. The molecule has 0 bridgehead atoms. The van der Waals surface area contributed by atoms with Crippen LogP contribution in [0.1, 0.15) is 32.0 Å². The van der Waals surface area contributed by atoms with Crippen molar-refractivity contribution < 1.29 is 14.4 Å². The van der Waals surface area contributed by atoms with Gasteiger partial charge in [0.25, 0.3) is 17.6 Å². The highest BCUT2D eigenvalue weighted by Gasteiger charge is 2.31. The quantitative estimate of drug-likeness (QED) is 0.336. The van der Waals surface area contributed by atoms with Crippen LogP contribution < -0.4 is 5.73 Å². The summed E-state index contributed by atoms with van der Waals surface area (Å²) in [5, 5.41) is 0.618. The number of amides is 2. The van der Waals surface area contributed by atoms with Gasteiger partial charge in [-0.15, -0.1) is 0 Å². The van der Waals surface area contributed by atoms with Gasteiger partial charge in [0.2, 0.25) is 0 Å². The number of aryl methyl sites for hydroxylation is 2. The molecule has 3 N–H and O–H groups in total. The van der Waals surface area contributed by atoms with E-state index in [0.29, 0.717) is 52.5 Å². The number of Topliss-reactive ketones (excluding diaryl/α,β-unsaturated/α-hetero) is 1. The molecule has 5 rings (SSSR count). The summed E-state index contributed by atoms with van der Waals surface area (Å²) in [4.78, 5) is 58.6. The Morgan fingerprint density at radius 1 is 0.944 bits per heavy atom. The highest BCUT2D eigenvalue weighted by molar-refractivity contribution is 6.45. The first-order chi connectivity index (χ1) is 17.3. The molecule has 1 aliphatic rings. The molecule has 36 heavy (non-hydrogen) atoms. The molecule has 182 valence electrons. The van der Waals surface area contributed by atoms with Crippen molar-refractivity contribution in [3.63, 3.8) is 0 Å². The van der Waals surface area contributed by atoms with E-state index in [9.17, 15) is 14.4 Å². The average Bonchev–Trinajstić information content (AvgIpc) is 3.36. The molecule has 1 aliphatic heterocycles. The Labute approximate surface area is 207 Å². The third kappa shape index (κ3) is 4.06. The Morgan fingerprint density at radius 2 is 1.64 bits per heavy atom. The number of aromatic nitrogens is 4. The van der Waals surface area contributed by atoms with E-state index in [-0.39, 0.29) is 24.6 Å². The highest BCUT2D eigenvalue weighted by atomic mass is 16.2. The Morgan fingerprint density at radius 3 is 2.33 bits per heavy atom. The average molecular weight is 484 g/mol. The smallest absolute Gasteiger partial charge is 0.295 e. The van der Waals surface area contributed by atoms with Gasteiger partial charge in [-0.05, 0) is 31.5 Å². The SMILES string of the molecule is Cc1nc(-c2ncc(C)c3c(C(=O)C(=O)N4CCN(C(=O)c5ccccc5)CC4)c[nH]c23)cnc1N. The lowest BCUT2D eigenvalue weighted by atomic mass is 10.0. The van der Waals surface area contributed by atoms with E-state index in [4.69, 9.17) is 5.73 Å². The molecule has 1 aromatic carbocycles. The molecule has 4 aromatic rings. The van der Waals surface area contributed by atoms with Crippen LogP contribution in [0.4, 0.5) is 5.82 Å². The number of piperazine rings is 1. The summed E-state index contributed by atoms with van der Waals surface area (Å²) in [5.41, 5.74) is 9.64. The highest BCUT2D eigenvalue weighted by Crippen LogP contribution is 2.30. The Kier molecular flexibility index (Phi) is 5.93. The summed E-state index contributed by atoms with van der Waals surface area (Å²) in [5.74, 6) is -0.949. The second kappa shape index (κ2) is 9.21. The van der Waals surface area contributed by atoms with Gasteiger partial charge in [-0.3, -0.25) is 19.4 Å². The van der Waals surface area contributed by atoms with Gasteiger partial charge in [0.1, 0.15) is 17.2 Å². The van der Waals surface area contributed by atoms with E-state index in [1.807, 2.05) is 25.1 Å². The Bertz CT molecular complexity index is 1490. The normalized spacial score (nSPS) is 13.7. The summed E-state index contributed by atoms with van der Waals surface area (Å²) in [6.07, 6.45) is 4.72. The zero-order valence-electron chi connectivity index (χ0n) is 20.0. The van der Waals surface area contributed by atoms with Crippen molar-refractivity contribution in [2.45, 2.75) is 13.8 Å². The zero-order chi connectivity index (χ0) is 25.4. The first-order valence-electron chi connectivity index (χ1n) is 11.6. The number of pyridine rings is 1. The van der Waals surface area contributed by atoms with E-state index in [0.717, 1.165) is 5.56 Å². The van der Waals surface area contributed by atoms with Crippen LogP contribution in [0.2, 0.25) is 0 Å². The lowest BCUT2D eigenvalue weighted by Gasteiger charge is -2.34. The number of nitrogens with two attached hydrogens (primary N) is 1. The first kappa shape index (κ1) is 23.2. The van der Waals surface area contributed by atoms with Crippen molar-refractivity contribution in [2.24, 2.45) is 0 Å². The van der Waals surface area contributed by atoms with Crippen molar-refractivity contribution in [1.29, 1.82) is 0 Å². The van der Waals surface area contributed by atoms with Crippen LogP contribution in [0.15, 0.2) is 48.9 Å². The number of H-pyrrole nitrogens is 1. The lowest BCUT2D eigenvalue weighted by Crippen LogP contribution is -2.52. The topological polar surface area (TPSA) is 138 Å². The molecule has 0 aliphatic carbocycles. The number of nitrogens with one attached hydrogen (secondary N) is 1. The van der Waals surface area contributed by atoms with Crippen molar-refractivity contribution in [2.75, 3.05) is 31.9 Å². The minimum absolute atomic E-state index is 0.0812. The molecule has 0 radical (unpaired) electrons. The number of hydrogen-bond donors (Lipinski definition) is 2. The van der Waals surface area contributed by atoms with Crippen LogP contribution in [0.25, 0.3) is 22.3 Å². The van der Waals surface area contributed by atoms with Gasteiger partial charge in [-0.1, -0.05) is 18.2 Å². The summed E-state index contributed by atoms with van der Waals surface area (Å²) in [6.45, 7) is 4.90. The molecule has 0 spiro atoms. The standard InChI is InChI=1S/C26H25N7O3/c1-15-12-28-21(19-14-30-24(27)16(2)31-19)22-20(15)18(13-29-22)23(34)26(36)33-10-8-32(9-11-33)25(35)17-6-4-3-5-7-17/h3-7,12-14,29H,8-11H2,1-2H3,(H2,27,30). The Balaban J connectivity index is 1.36. The molecule has 2 amide bonds. The number of carbonyl (C=O) groups excluding carboxylic acids is 3. The number of nitrogen functional groups attached to an aromatic ring is 1. The van der Waals surface area contributed by atoms with Gasteiger partial charge in [0.05, 0.1) is 23.0 Å². The van der Waals surface area contributed by atoms with Crippen molar-refractivity contribution in [3.05, 3.63) is 71.3 Å². The van der Waals surface area contributed by atoms with Crippen LogP contribution in [0.3, 0.4) is 0 Å². The number of rotatable bonds is 4. The molecule has 1 saturated heterocycles. The van der Waals surface area contributed by atoms with E-state index in [2.05, 4.69) is 19.9 Å². The second-order valence-corrected chi connectivity index (χ2v) is 8.75. The molecule has 10 heteroatoms. The first-order valence-corrected chi connectivity index (χ1v) is 11.6. The van der Waals surface area contributed by atoms with Gasteiger partial charge in [-0.2, -0.15) is 0 Å². The number of hydrogen-bond acceptors (Lipinski definition) is 7. The molecule has 1 fully saturated rings. The van der Waals surface area contributed by atoms with Crippen LogP contribution >= 0.6 is 0 Å². The minimum atomic E-state index is -0.607. The van der Waals surface area contributed by atoms with Gasteiger partial charge in [0, 0.05) is 49.5 Å². The Hall–Kier alpha value is -4.60. The number of fused-ring (bicyclic) bond motifs is 1. The molecule has 3 aromatic heterocycles. The molecule has 0 unspecified atom stereocenters. The molecule has 10 nitrogen and oxygen atoms in total.